The summed E-state index contributed by atoms with van der Waals surface area (Å²) in [5.41, 5.74) is 2.60. The lowest BCUT2D eigenvalue weighted by Gasteiger charge is -2.34. The fraction of sp³-hybridized carbons (Fsp3) is 0.257. The number of hydrogen-bond donors (Lipinski definition) is 1. The first-order chi connectivity index (χ1) is 22.0. The van der Waals surface area contributed by atoms with Crippen LogP contribution < -0.4 is 14.4 Å². The predicted molar refractivity (Wildman–Crippen MR) is 181 cm³/mol. The predicted octanol–water partition coefficient (Wildman–Crippen LogP) is 6.27. The van der Waals surface area contributed by atoms with Gasteiger partial charge in [0.15, 0.2) is 0 Å². The third-order valence-electron chi connectivity index (χ3n) is 7.40. The molecule has 8 nitrogen and oxygen atoms in total. The number of halogens is 2. The molecule has 0 aliphatic heterocycles. The van der Waals surface area contributed by atoms with Crippen LogP contribution in [0, 0.1) is 12.7 Å². The smallest absolute Gasteiger partial charge is 0.264 e. The zero-order valence-corrected chi connectivity index (χ0v) is 28.4. The summed E-state index contributed by atoms with van der Waals surface area (Å²) in [5, 5.41) is 2.91. The van der Waals surface area contributed by atoms with Crippen molar-refractivity contribution in [3.05, 3.63) is 124 Å². The van der Waals surface area contributed by atoms with E-state index in [4.69, 9.17) is 4.74 Å². The molecule has 11 heteroatoms. The Hall–Kier alpha value is -4.22. The number of sulfonamides is 1. The second-order valence-electron chi connectivity index (χ2n) is 10.8. The molecule has 0 aromatic heterocycles. The first-order valence-electron chi connectivity index (χ1n) is 14.8. The molecule has 0 bridgehead atoms. The number of rotatable bonds is 14. The first-order valence-corrected chi connectivity index (χ1v) is 17.0. The van der Waals surface area contributed by atoms with E-state index >= 15 is 0 Å². The Labute approximate surface area is 278 Å². The van der Waals surface area contributed by atoms with E-state index in [1.807, 2.05) is 44.2 Å². The summed E-state index contributed by atoms with van der Waals surface area (Å²) < 4.78 is 49.0. The maximum Gasteiger partial charge on any atom is 0.264 e. The van der Waals surface area contributed by atoms with Crippen LogP contribution in [-0.4, -0.2) is 51.4 Å². The summed E-state index contributed by atoms with van der Waals surface area (Å²) in [6.45, 7) is 3.56. The van der Waals surface area contributed by atoms with E-state index in [0.717, 1.165) is 15.4 Å². The molecule has 0 fully saturated rings. The molecular weight excluding hydrogens is 673 g/mol. The van der Waals surface area contributed by atoms with E-state index in [-0.39, 0.29) is 29.5 Å². The minimum atomic E-state index is -4.29. The van der Waals surface area contributed by atoms with Crippen LogP contribution in [0.1, 0.15) is 30.0 Å². The lowest BCUT2D eigenvalue weighted by Crippen LogP contribution is -2.53. The minimum absolute atomic E-state index is 0.0496. The molecule has 0 saturated heterocycles. The highest BCUT2D eigenvalue weighted by molar-refractivity contribution is 9.10. The number of benzene rings is 4. The maximum absolute atomic E-state index is 14.5. The molecule has 0 spiro atoms. The number of amides is 2. The van der Waals surface area contributed by atoms with Gasteiger partial charge in [0, 0.05) is 19.5 Å². The molecular formula is C35H37BrFN3O5S. The van der Waals surface area contributed by atoms with Gasteiger partial charge in [0.1, 0.15) is 24.2 Å². The summed E-state index contributed by atoms with van der Waals surface area (Å²) in [7, 11) is -2.81. The van der Waals surface area contributed by atoms with E-state index in [1.165, 1.54) is 42.3 Å². The summed E-state index contributed by atoms with van der Waals surface area (Å²) in [6.07, 6.45) is 0.874. The molecule has 4 aromatic rings. The zero-order valence-electron chi connectivity index (χ0n) is 26.0. The Morgan fingerprint density at radius 2 is 1.61 bits per heavy atom. The number of nitrogens with one attached hydrogen (secondary N) is 1. The van der Waals surface area contributed by atoms with Crippen molar-refractivity contribution in [2.75, 3.05) is 24.5 Å². The van der Waals surface area contributed by atoms with Crippen molar-refractivity contribution in [3.8, 4) is 5.75 Å². The zero-order chi connectivity index (χ0) is 33.3. The van der Waals surface area contributed by atoms with Crippen molar-refractivity contribution >= 4 is 43.5 Å². The molecule has 4 rings (SSSR count). The van der Waals surface area contributed by atoms with Crippen LogP contribution >= 0.6 is 15.9 Å². The van der Waals surface area contributed by atoms with Crippen molar-refractivity contribution in [2.24, 2.45) is 0 Å². The Kier molecular flexibility index (Phi) is 11.9. The number of aryl methyl sites for hydroxylation is 1. The summed E-state index contributed by atoms with van der Waals surface area (Å²) in [4.78, 5) is 29.5. The molecule has 0 heterocycles. The quantitative estimate of drug-likeness (QED) is 0.167. The summed E-state index contributed by atoms with van der Waals surface area (Å²) in [5.74, 6) is -0.965. The van der Waals surface area contributed by atoms with Gasteiger partial charge in [-0.1, -0.05) is 67.1 Å². The van der Waals surface area contributed by atoms with Gasteiger partial charge >= 0.3 is 0 Å². The molecule has 2 amide bonds. The van der Waals surface area contributed by atoms with Gasteiger partial charge in [0.25, 0.3) is 10.0 Å². The van der Waals surface area contributed by atoms with Gasteiger partial charge in [0.2, 0.25) is 11.8 Å². The standard InChI is InChI=1S/C35H37BrFN3O5S/c1-4-20-38-35(42)32(21-26-8-6-5-7-9-26)39(23-27-12-14-28(37)15-13-27)34(41)24-40(29-16-10-25(2)11-17-29)46(43,44)30-18-19-33(45-3)31(36)22-30/h5-19,22,32H,4,20-21,23-24H2,1-3H3,(H,38,42)/t32-/m0/s1. The molecule has 1 atom stereocenters. The fourth-order valence-electron chi connectivity index (χ4n) is 4.88. The Morgan fingerprint density at radius 1 is 0.935 bits per heavy atom. The number of ether oxygens (including phenoxy) is 1. The second-order valence-corrected chi connectivity index (χ2v) is 13.5. The number of methoxy groups -OCH3 is 1. The molecule has 0 unspecified atom stereocenters. The van der Waals surface area contributed by atoms with E-state index < -0.39 is 34.3 Å². The SMILES string of the molecule is CCCNC(=O)[C@H](Cc1ccccc1)N(Cc1ccc(F)cc1)C(=O)CN(c1ccc(C)cc1)S(=O)(=O)c1ccc(OC)c(Br)c1. The molecule has 0 saturated carbocycles. The molecule has 1 N–H and O–H groups in total. The van der Waals surface area contributed by atoms with Crippen molar-refractivity contribution in [3.63, 3.8) is 0 Å². The van der Waals surface area contributed by atoms with Crippen molar-refractivity contribution in [1.82, 2.24) is 10.2 Å². The largest absolute Gasteiger partial charge is 0.496 e. The average Bonchev–Trinajstić information content (AvgIpc) is 3.05. The van der Waals surface area contributed by atoms with Crippen molar-refractivity contribution in [2.45, 2.75) is 44.2 Å². The van der Waals surface area contributed by atoms with Gasteiger partial charge in [-0.3, -0.25) is 13.9 Å². The lowest BCUT2D eigenvalue weighted by atomic mass is 10.0. The molecule has 0 aliphatic rings. The lowest BCUT2D eigenvalue weighted by molar-refractivity contribution is -0.140. The van der Waals surface area contributed by atoms with Gasteiger partial charge in [-0.25, -0.2) is 12.8 Å². The molecule has 0 aliphatic carbocycles. The fourth-order valence-corrected chi connectivity index (χ4v) is 7.01. The van der Waals surface area contributed by atoms with E-state index in [0.29, 0.717) is 28.8 Å². The van der Waals surface area contributed by atoms with Gasteiger partial charge < -0.3 is 15.0 Å². The monoisotopic (exact) mass is 709 g/mol. The van der Waals surface area contributed by atoms with Crippen molar-refractivity contribution < 1.29 is 27.1 Å². The summed E-state index contributed by atoms with van der Waals surface area (Å²) >= 11 is 3.36. The van der Waals surface area contributed by atoms with Gasteiger partial charge in [-0.05, 0) is 82.9 Å². The van der Waals surface area contributed by atoms with Gasteiger partial charge in [-0.15, -0.1) is 0 Å². The highest BCUT2D eigenvalue weighted by atomic mass is 79.9. The van der Waals surface area contributed by atoms with Crippen LogP contribution in [0.2, 0.25) is 0 Å². The number of carbonyl (C=O) groups excluding carboxylic acids is 2. The van der Waals surface area contributed by atoms with Crippen LogP contribution in [0.5, 0.6) is 5.75 Å². The van der Waals surface area contributed by atoms with E-state index in [1.54, 1.807) is 36.4 Å². The number of carbonyl (C=O) groups is 2. The van der Waals surface area contributed by atoms with E-state index in [2.05, 4.69) is 21.2 Å². The van der Waals surface area contributed by atoms with Crippen LogP contribution in [0.15, 0.2) is 106 Å². The Morgan fingerprint density at radius 3 is 2.22 bits per heavy atom. The molecule has 242 valence electrons. The second kappa shape index (κ2) is 15.9. The van der Waals surface area contributed by atoms with Gasteiger partial charge in [-0.2, -0.15) is 0 Å². The molecule has 46 heavy (non-hydrogen) atoms. The third kappa shape index (κ3) is 8.73. The van der Waals surface area contributed by atoms with Crippen LogP contribution in [0.4, 0.5) is 10.1 Å². The molecule has 0 radical (unpaired) electrons. The van der Waals surface area contributed by atoms with Crippen LogP contribution in [0.3, 0.4) is 0 Å². The third-order valence-corrected chi connectivity index (χ3v) is 9.79. The minimum Gasteiger partial charge on any atom is -0.496 e. The Balaban J connectivity index is 1.80. The highest BCUT2D eigenvalue weighted by Gasteiger charge is 2.34. The highest BCUT2D eigenvalue weighted by Crippen LogP contribution is 2.31. The Bertz CT molecular complexity index is 1740. The average molecular weight is 711 g/mol. The van der Waals surface area contributed by atoms with E-state index in [9.17, 15) is 22.4 Å². The van der Waals surface area contributed by atoms with Crippen LogP contribution in [0.25, 0.3) is 0 Å². The molecule has 4 aromatic carbocycles. The van der Waals surface area contributed by atoms with Crippen LogP contribution in [-0.2, 0) is 32.6 Å². The topological polar surface area (TPSA) is 96.0 Å². The van der Waals surface area contributed by atoms with Crippen molar-refractivity contribution in [1.29, 1.82) is 0 Å². The van der Waals surface area contributed by atoms with Gasteiger partial charge in [0.05, 0.1) is 22.2 Å². The summed E-state index contributed by atoms with van der Waals surface area (Å²) in [6, 6.07) is 25.1. The number of hydrogen-bond acceptors (Lipinski definition) is 5. The first kappa shape index (κ1) is 34.6. The normalized spacial score (nSPS) is 11.8. The number of nitrogens with zero attached hydrogens (tertiary/aromatic N) is 2. The number of anilines is 1. The maximum atomic E-state index is 14.5.